The van der Waals surface area contributed by atoms with Crippen molar-refractivity contribution in [3.8, 4) is 5.75 Å². The van der Waals surface area contributed by atoms with Crippen LogP contribution in [-0.4, -0.2) is 19.5 Å². The highest BCUT2D eigenvalue weighted by Crippen LogP contribution is 2.17. The molecule has 3 heteroatoms. The number of methoxy groups -OCH3 is 1. The van der Waals surface area contributed by atoms with E-state index in [1.54, 1.807) is 31.4 Å². The van der Waals surface area contributed by atoms with Crippen LogP contribution in [0.15, 0.2) is 54.6 Å². The van der Waals surface area contributed by atoms with Crippen molar-refractivity contribution in [3.63, 3.8) is 0 Å². The Kier molecular flexibility index (Phi) is 4.91. The van der Waals surface area contributed by atoms with Gasteiger partial charge in [0.25, 0.3) is 0 Å². The molecule has 0 heterocycles. The number of benzene rings is 2. The number of rotatable bonds is 6. The molecule has 0 aliphatic rings. The summed E-state index contributed by atoms with van der Waals surface area (Å²) in [6, 6.07) is 16.9. The average Bonchev–Trinajstić information content (AvgIpc) is 2.53. The van der Waals surface area contributed by atoms with E-state index in [4.69, 9.17) is 9.47 Å². The summed E-state index contributed by atoms with van der Waals surface area (Å²) in [4.78, 5) is 12.0. The van der Waals surface area contributed by atoms with Gasteiger partial charge in [-0.25, -0.2) is 0 Å². The van der Waals surface area contributed by atoms with Gasteiger partial charge >= 0.3 is 0 Å². The normalized spacial score (nSPS) is 11.9. The van der Waals surface area contributed by atoms with Gasteiger partial charge in [-0.05, 0) is 36.8 Å². The fourth-order valence-corrected chi connectivity index (χ4v) is 1.88. The van der Waals surface area contributed by atoms with Crippen molar-refractivity contribution in [1.29, 1.82) is 0 Å². The Morgan fingerprint density at radius 1 is 1.05 bits per heavy atom. The molecule has 104 valence electrons. The van der Waals surface area contributed by atoms with E-state index in [1.165, 1.54) is 0 Å². The molecule has 0 N–H and O–H groups in total. The van der Waals surface area contributed by atoms with Gasteiger partial charge in [-0.3, -0.25) is 4.79 Å². The lowest BCUT2D eigenvalue weighted by molar-refractivity contribution is 0.0521. The standard InChI is InChI=1S/C17H18O3/c1-13(14-6-4-3-5-7-14)20-12-17(18)15-8-10-16(19-2)11-9-15/h3-11,13H,12H2,1-2H3. The minimum Gasteiger partial charge on any atom is -0.497 e. The molecule has 0 fully saturated rings. The Balaban J connectivity index is 1.91. The van der Waals surface area contributed by atoms with Crippen LogP contribution in [0.25, 0.3) is 0 Å². The summed E-state index contributed by atoms with van der Waals surface area (Å²) in [5.74, 6) is 0.704. The van der Waals surface area contributed by atoms with Gasteiger partial charge in [0, 0.05) is 5.56 Å². The van der Waals surface area contributed by atoms with E-state index in [0.717, 1.165) is 11.3 Å². The largest absolute Gasteiger partial charge is 0.497 e. The maximum atomic E-state index is 12.0. The predicted molar refractivity (Wildman–Crippen MR) is 78.1 cm³/mol. The summed E-state index contributed by atoms with van der Waals surface area (Å²) in [5.41, 5.74) is 1.70. The highest BCUT2D eigenvalue weighted by atomic mass is 16.5. The molecule has 2 rings (SSSR count). The molecule has 0 amide bonds. The van der Waals surface area contributed by atoms with E-state index in [9.17, 15) is 4.79 Å². The molecular weight excluding hydrogens is 252 g/mol. The van der Waals surface area contributed by atoms with E-state index < -0.39 is 0 Å². The highest BCUT2D eigenvalue weighted by molar-refractivity contribution is 5.97. The van der Waals surface area contributed by atoms with Crippen molar-refractivity contribution < 1.29 is 14.3 Å². The summed E-state index contributed by atoms with van der Waals surface area (Å²) in [7, 11) is 1.60. The highest BCUT2D eigenvalue weighted by Gasteiger charge is 2.10. The minimum absolute atomic E-state index is 0.0320. The maximum Gasteiger partial charge on any atom is 0.188 e. The summed E-state index contributed by atoms with van der Waals surface area (Å²) >= 11 is 0. The van der Waals surface area contributed by atoms with Crippen LogP contribution in [-0.2, 0) is 4.74 Å². The van der Waals surface area contributed by atoms with Gasteiger partial charge in [0.15, 0.2) is 5.78 Å². The number of carbonyl (C=O) groups is 1. The molecule has 1 unspecified atom stereocenters. The number of hydrogen-bond acceptors (Lipinski definition) is 3. The molecule has 0 radical (unpaired) electrons. The minimum atomic E-state index is -0.0987. The molecule has 20 heavy (non-hydrogen) atoms. The third kappa shape index (κ3) is 3.68. The number of ketones is 1. The van der Waals surface area contributed by atoms with Crippen LogP contribution in [0.1, 0.15) is 28.9 Å². The molecule has 2 aromatic rings. The van der Waals surface area contributed by atoms with Crippen molar-refractivity contribution >= 4 is 5.78 Å². The monoisotopic (exact) mass is 270 g/mol. The number of hydrogen-bond donors (Lipinski definition) is 0. The van der Waals surface area contributed by atoms with Crippen molar-refractivity contribution in [2.75, 3.05) is 13.7 Å². The van der Waals surface area contributed by atoms with Gasteiger partial charge in [-0.1, -0.05) is 30.3 Å². The van der Waals surface area contributed by atoms with Crippen molar-refractivity contribution in [2.45, 2.75) is 13.0 Å². The first-order valence-corrected chi connectivity index (χ1v) is 6.54. The molecular formula is C17H18O3. The van der Waals surface area contributed by atoms with Crippen LogP contribution in [0.4, 0.5) is 0 Å². The van der Waals surface area contributed by atoms with E-state index in [-0.39, 0.29) is 18.5 Å². The average molecular weight is 270 g/mol. The van der Waals surface area contributed by atoms with Crippen LogP contribution in [0, 0.1) is 0 Å². The predicted octanol–water partition coefficient (Wildman–Crippen LogP) is 3.66. The number of carbonyl (C=O) groups excluding carboxylic acids is 1. The second-order valence-corrected chi connectivity index (χ2v) is 4.52. The van der Waals surface area contributed by atoms with Crippen molar-refractivity contribution in [3.05, 3.63) is 65.7 Å². The fourth-order valence-electron chi connectivity index (χ4n) is 1.88. The molecule has 0 aliphatic heterocycles. The van der Waals surface area contributed by atoms with Crippen LogP contribution in [0.5, 0.6) is 5.75 Å². The lowest BCUT2D eigenvalue weighted by atomic mass is 10.1. The Morgan fingerprint density at radius 2 is 1.70 bits per heavy atom. The maximum absolute atomic E-state index is 12.0. The van der Waals surface area contributed by atoms with Gasteiger partial charge in [-0.2, -0.15) is 0 Å². The summed E-state index contributed by atoms with van der Waals surface area (Å²) in [5, 5.41) is 0. The lowest BCUT2D eigenvalue weighted by Crippen LogP contribution is -2.11. The van der Waals surface area contributed by atoms with E-state index in [1.807, 2.05) is 37.3 Å². The van der Waals surface area contributed by atoms with E-state index in [0.29, 0.717) is 5.56 Å². The molecule has 0 aliphatic carbocycles. The summed E-state index contributed by atoms with van der Waals surface area (Å²) < 4.78 is 10.7. The third-order valence-corrected chi connectivity index (χ3v) is 3.15. The Morgan fingerprint density at radius 3 is 2.30 bits per heavy atom. The van der Waals surface area contributed by atoms with Gasteiger partial charge in [0.05, 0.1) is 13.2 Å². The number of Topliss-reactive ketones (excluding diaryl/α,β-unsaturated/α-hetero) is 1. The smallest absolute Gasteiger partial charge is 0.188 e. The van der Waals surface area contributed by atoms with Crippen LogP contribution >= 0.6 is 0 Å². The Hall–Kier alpha value is -2.13. The third-order valence-electron chi connectivity index (χ3n) is 3.15. The SMILES string of the molecule is COc1ccc(C(=O)COC(C)c2ccccc2)cc1. The van der Waals surface area contributed by atoms with Gasteiger partial charge in [-0.15, -0.1) is 0 Å². The van der Waals surface area contributed by atoms with Crippen LogP contribution in [0.2, 0.25) is 0 Å². The van der Waals surface area contributed by atoms with Crippen molar-refractivity contribution in [2.24, 2.45) is 0 Å². The van der Waals surface area contributed by atoms with Gasteiger partial charge in [0.2, 0.25) is 0 Å². The first kappa shape index (κ1) is 14.3. The topological polar surface area (TPSA) is 35.5 Å². The van der Waals surface area contributed by atoms with Crippen LogP contribution < -0.4 is 4.74 Å². The fraction of sp³-hybridized carbons (Fsp3) is 0.235. The van der Waals surface area contributed by atoms with Crippen LogP contribution in [0.3, 0.4) is 0 Å². The Bertz CT molecular complexity index is 546. The molecule has 1 atom stereocenters. The second-order valence-electron chi connectivity index (χ2n) is 4.52. The quantitative estimate of drug-likeness (QED) is 0.751. The van der Waals surface area contributed by atoms with E-state index >= 15 is 0 Å². The molecule has 3 nitrogen and oxygen atoms in total. The van der Waals surface area contributed by atoms with Gasteiger partial charge < -0.3 is 9.47 Å². The van der Waals surface area contributed by atoms with Crippen molar-refractivity contribution in [1.82, 2.24) is 0 Å². The first-order chi connectivity index (χ1) is 9.70. The zero-order chi connectivity index (χ0) is 14.4. The zero-order valence-electron chi connectivity index (χ0n) is 11.7. The molecule has 0 bridgehead atoms. The second kappa shape index (κ2) is 6.87. The summed E-state index contributed by atoms with van der Waals surface area (Å²) in [6.45, 7) is 2.01. The Labute approximate surface area is 119 Å². The molecule has 0 saturated heterocycles. The number of ether oxygens (including phenoxy) is 2. The molecule has 2 aromatic carbocycles. The molecule has 0 spiro atoms. The summed E-state index contributed by atoms with van der Waals surface area (Å²) in [6.07, 6.45) is -0.0987. The van der Waals surface area contributed by atoms with Gasteiger partial charge in [0.1, 0.15) is 12.4 Å². The lowest BCUT2D eigenvalue weighted by Gasteiger charge is -2.12. The zero-order valence-corrected chi connectivity index (χ0v) is 11.7. The van der Waals surface area contributed by atoms with E-state index in [2.05, 4.69) is 0 Å². The molecule has 0 aromatic heterocycles. The first-order valence-electron chi connectivity index (χ1n) is 6.54. The molecule has 0 saturated carbocycles.